The Bertz CT molecular complexity index is 196. The first-order valence-corrected chi connectivity index (χ1v) is 4.98. The highest BCUT2D eigenvalue weighted by Crippen LogP contribution is 1.86. The van der Waals surface area contributed by atoms with Gasteiger partial charge in [-0.15, -0.1) is 0 Å². The quantitative estimate of drug-likeness (QED) is 0.380. The molecule has 0 rings (SSSR count). The third kappa shape index (κ3) is 9.05. The van der Waals surface area contributed by atoms with Crippen LogP contribution in [-0.4, -0.2) is 30.8 Å². The van der Waals surface area contributed by atoms with Crippen molar-refractivity contribution in [3.8, 4) is 0 Å². The van der Waals surface area contributed by atoms with Crippen LogP contribution in [0.25, 0.3) is 0 Å². The van der Waals surface area contributed by atoms with Crippen LogP contribution < -0.4 is 21.7 Å². The smallest absolute Gasteiger partial charge is 0.312 e. The zero-order chi connectivity index (χ0) is 11.0. The van der Waals surface area contributed by atoms with Gasteiger partial charge in [0.2, 0.25) is 0 Å². The Labute approximate surface area is 89.8 Å². The molecule has 82 valence electrons. The molecule has 0 bridgehead atoms. The Hall–Kier alpha value is -1.04. The van der Waals surface area contributed by atoms with Gasteiger partial charge in [0.15, 0.2) is 5.11 Å². The van der Waals surface area contributed by atoms with Crippen molar-refractivity contribution in [3.05, 3.63) is 0 Å². The lowest BCUT2D eigenvalue weighted by atomic mass is 10.2. The maximum Gasteiger partial charge on any atom is 0.312 e. The molecular weight excluding hydrogens is 200 g/mol. The number of thiocarbonyl (C=S) groups is 1. The highest BCUT2D eigenvalue weighted by atomic mass is 32.1. The largest absolute Gasteiger partial charge is 0.362 e. The fourth-order valence-electron chi connectivity index (χ4n) is 0.721. The first-order valence-electron chi connectivity index (χ1n) is 4.57. The second-order valence-electron chi connectivity index (χ2n) is 3.32. The minimum absolute atomic E-state index is 0.471. The van der Waals surface area contributed by atoms with E-state index < -0.39 is 6.03 Å². The number of carbonyl (C=O) groups is 1. The molecule has 0 aromatic rings. The van der Waals surface area contributed by atoms with E-state index in [4.69, 9.17) is 18.0 Å². The summed E-state index contributed by atoms with van der Waals surface area (Å²) in [5.74, 6) is 0.554. The summed E-state index contributed by atoms with van der Waals surface area (Å²) in [5.41, 5.74) is 4.88. The predicted molar refractivity (Wildman–Crippen MR) is 61.0 cm³/mol. The Kier molecular flexibility index (Phi) is 6.82. The second-order valence-corrected chi connectivity index (χ2v) is 3.73. The maximum absolute atomic E-state index is 10.3. The first-order chi connectivity index (χ1) is 6.52. The third-order valence-electron chi connectivity index (χ3n) is 1.38. The van der Waals surface area contributed by atoms with Crippen molar-refractivity contribution in [3.63, 3.8) is 0 Å². The second kappa shape index (κ2) is 7.37. The van der Waals surface area contributed by atoms with Gasteiger partial charge in [-0.1, -0.05) is 13.8 Å². The number of nitrogens with two attached hydrogens (primary N) is 1. The van der Waals surface area contributed by atoms with Crippen molar-refractivity contribution < 1.29 is 4.79 Å². The van der Waals surface area contributed by atoms with Crippen LogP contribution in [0.3, 0.4) is 0 Å². The van der Waals surface area contributed by atoms with Gasteiger partial charge < -0.3 is 21.7 Å². The van der Waals surface area contributed by atoms with Crippen LogP contribution in [0.1, 0.15) is 13.8 Å². The molecule has 0 aliphatic carbocycles. The van der Waals surface area contributed by atoms with Gasteiger partial charge in [0, 0.05) is 19.6 Å². The van der Waals surface area contributed by atoms with E-state index in [1.165, 1.54) is 0 Å². The minimum Gasteiger partial charge on any atom is -0.362 e. The zero-order valence-electron chi connectivity index (χ0n) is 8.59. The lowest BCUT2D eigenvalue weighted by Crippen LogP contribution is -2.42. The van der Waals surface area contributed by atoms with Gasteiger partial charge in [-0.3, -0.25) is 0 Å². The normalized spacial score (nSPS) is 9.64. The van der Waals surface area contributed by atoms with Crippen molar-refractivity contribution in [1.29, 1.82) is 0 Å². The molecule has 0 unspecified atom stereocenters. The van der Waals surface area contributed by atoms with Crippen molar-refractivity contribution in [2.45, 2.75) is 13.8 Å². The lowest BCUT2D eigenvalue weighted by Gasteiger charge is -2.11. The van der Waals surface area contributed by atoms with Gasteiger partial charge in [-0.25, -0.2) is 4.79 Å². The summed E-state index contributed by atoms with van der Waals surface area (Å²) in [4.78, 5) is 10.3. The van der Waals surface area contributed by atoms with Gasteiger partial charge in [0.05, 0.1) is 0 Å². The number of nitrogens with one attached hydrogen (secondary N) is 3. The van der Waals surface area contributed by atoms with E-state index in [1.54, 1.807) is 0 Å². The maximum atomic E-state index is 10.3. The lowest BCUT2D eigenvalue weighted by molar-refractivity contribution is 0.249. The minimum atomic E-state index is -0.521. The molecule has 6 heteroatoms. The number of carbonyl (C=O) groups excluding carboxylic acids is 1. The van der Waals surface area contributed by atoms with E-state index in [0.717, 1.165) is 6.54 Å². The molecule has 0 aromatic heterocycles. The Morgan fingerprint density at radius 1 is 1.29 bits per heavy atom. The summed E-state index contributed by atoms with van der Waals surface area (Å²) in [6, 6.07) is -0.521. The van der Waals surface area contributed by atoms with E-state index in [2.05, 4.69) is 29.8 Å². The van der Waals surface area contributed by atoms with E-state index in [1.807, 2.05) is 0 Å². The van der Waals surface area contributed by atoms with E-state index in [9.17, 15) is 4.79 Å². The van der Waals surface area contributed by atoms with Gasteiger partial charge in [-0.05, 0) is 18.1 Å². The van der Waals surface area contributed by atoms with Gasteiger partial charge in [-0.2, -0.15) is 0 Å². The van der Waals surface area contributed by atoms with Crippen LogP contribution >= 0.6 is 12.2 Å². The van der Waals surface area contributed by atoms with Crippen LogP contribution in [0.2, 0.25) is 0 Å². The summed E-state index contributed by atoms with van der Waals surface area (Å²) >= 11 is 4.99. The third-order valence-corrected chi connectivity index (χ3v) is 1.67. The van der Waals surface area contributed by atoms with Gasteiger partial charge in [0.1, 0.15) is 0 Å². The van der Waals surface area contributed by atoms with Crippen LogP contribution in [0.15, 0.2) is 0 Å². The first kappa shape index (κ1) is 13.0. The van der Waals surface area contributed by atoms with Crippen molar-refractivity contribution in [1.82, 2.24) is 16.0 Å². The topological polar surface area (TPSA) is 79.2 Å². The van der Waals surface area contributed by atoms with Gasteiger partial charge in [0.25, 0.3) is 0 Å². The van der Waals surface area contributed by atoms with Crippen molar-refractivity contribution in [2.24, 2.45) is 11.7 Å². The molecule has 0 radical (unpaired) electrons. The molecule has 0 aromatic carbocycles. The summed E-state index contributed by atoms with van der Waals surface area (Å²) in [7, 11) is 0. The number of amides is 2. The number of urea groups is 1. The molecule has 5 N–H and O–H groups in total. The standard InChI is InChI=1S/C8H18N4OS/c1-6(2)5-12-8(14)11-4-3-10-7(9)13/h6H,3-5H2,1-2H3,(H3,9,10,13)(H2,11,12,14). The fourth-order valence-corrected chi connectivity index (χ4v) is 0.906. The number of rotatable bonds is 5. The van der Waals surface area contributed by atoms with Crippen LogP contribution in [0, 0.1) is 5.92 Å². The van der Waals surface area contributed by atoms with Crippen molar-refractivity contribution >= 4 is 23.4 Å². The fraction of sp³-hybridized carbons (Fsp3) is 0.750. The molecule has 2 amide bonds. The zero-order valence-corrected chi connectivity index (χ0v) is 9.41. The van der Waals surface area contributed by atoms with Gasteiger partial charge >= 0.3 is 6.03 Å². The highest BCUT2D eigenvalue weighted by Gasteiger charge is 1.97. The molecule has 0 saturated heterocycles. The summed E-state index contributed by atoms with van der Waals surface area (Å²) < 4.78 is 0. The average Bonchev–Trinajstić information content (AvgIpc) is 2.08. The molecule has 0 saturated carbocycles. The van der Waals surface area contributed by atoms with Crippen LogP contribution in [0.4, 0.5) is 4.79 Å². The average molecular weight is 218 g/mol. The molecule has 0 heterocycles. The molecule has 0 spiro atoms. The molecule has 0 aliphatic rings. The van der Waals surface area contributed by atoms with E-state index >= 15 is 0 Å². The number of primary amides is 1. The molecule has 5 nitrogen and oxygen atoms in total. The van der Waals surface area contributed by atoms with Crippen molar-refractivity contribution in [2.75, 3.05) is 19.6 Å². The predicted octanol–water partition coefficient (Wildman–Crippen LogP) is -0.225. The Morgan fingerprint density at radius 2 is 1.86 bits per heavy atom. The Balaban J connectivity index is 3.31. The number of hydrogen-bond donors (Lipinski definition) is 4. The van der Waals surface area contributed by atoms with E-state index in [0.29, 0.717) is 24.1 Å². The molecule has 0 aliphatic heterocycles. The Morgan fingerprint density at radius 3 is 2.36 bits per heavy atom. The monoisotopic (exact) mass is 218 g/mol. The highest BCUT2D eigenvalue weighted by molar-refractivity contribution is 7.80. The summed E-state index contributed by atoms with van der Waals surface area (Å²) in [6.07, 6.45) is 0. The summed E-state index contributed by atoms with van der Waals surface area (Å²) in [5, 5.41) is 9.05. The summed E-state index contributed by atoms with van der Waals surface area (Å²) in [6.45, 7) is 6.09. The van der Waals surface area contributed by atoms with Crippen LogP contribution in [0.5, 0.6) is 0 Å². The number of hydrogen-bond acceptors (Lipinski definition) is 2. The molecule has 0 atom stereocenters. The molecular formula is C8H18N4OS. The molecule has 0 fully saturated rings. The SMILES string of the molecule is CC(C)CNC(=S)NCCNC(N)=O. The van der Waals surface area contributed by atoms with E-state index in [-0.39, 0.29) is 0 Å². The molecule has 14 heavy (non-hydrogen) atoms. The van der Waals surface area contributed by atoms with Crippen LogP contribution in [-0.2, 0) is 0 Å².